The number of alkyl halides is 3. The molecule has 2 aromatic rings. The molecule has 6 nitrogen and oxygen atoms in total. The van der Waals surface area contributed by atoms with E-state index in [0.29, 0.717) is 11.5 Å². The van der Waals surface area contributed by atoms with E-state index in [2.05, 4.69) is 10.1 Å². The lowest BCUT2D eigenvalue weighted by atomic mass is 10.1. The summed E-state index contributed by atoms with van der Waals surface area (Å²) in [5, 5.41) is 13.7. The minimum atomic E-state index is -4.51. The maximum Gasteiger partial charge on any atom is 0.391 e. The summed E-state index contributed by atoms with van der Waals surface area (Å²) in [6.45, 7) is 1.60. The molecule has 0 spiro atoms. The summed E-state index contributed by atoms with van der Waals surface area (Å²) in [6.07, 6.45) is -7.58. The number of benzene rings is 1. The zero-order valence-electron chi connectivity index (χ0n) is 12.9. The van der Waals surface area contributed by atoms with Crippen LogP contribution in [0.15, 0.2) is 22.7 Å². The van der Waals surface area contributed by atoms with Crippen molar-refractivity contribution in [2.24, 2.45) is 0 Å². The van der Waals surface area contributed by atoms with Crippen molar-refractivity contribution in [3.63, 3.8) is 0 Å². The predicted molar refractivity (Wildman–Crippen MR) is 82.1 cm³/mol. The Morgan fingerprint density at radius 1 is 1.44 bits per heavy atom. The normalized spacial score (nSPS) is 21.2. The molecule has 134 valence electrons. The van der Waals surface area contributed by atoms with Crippen LogP contribution >= 0.6 is 11.6 Å². The number of hydrogen-bond acceptors (Lipinski definition) is 5. The first-order valence-electron chi connectivity index (χ1n) is 7.33. The second-order valence-corrected chi connectivity index (χ2v) is 6.13. The molecule has 1 aliphatic heterocycles. The van der Waals surface area contributed by atoms with Crippen LogP contribution in [-0.4, -0.2) is 39.5 Å². The summed E-state index contributed by atoms with van der Waals surface area (Å²) in [5.41, 5.74) is 0.589. The van der Waals surface area contributed by atoms with Crippen LogP contribution in [0.2, 0.25) is 5.02 Å². The van der Waals surface area contributed by atoms with Gasteiger partial charge in [0.2, 0.25) is 17.6 Å². The molecule has 0 unspecified atom stereocenters. The van der Waals surface area contributed by atoms with Crippen molar-refractivity contribution in [2.45, 2.75) is 38.1 Å². The second kappa shape index (κ2) is 6.30. The van der Waals surface area contributed by atoms with Crippen LogP contribution in [-0.2, 0) is 4.79 Å². The van der Waals surface area contributed by atoms with Gasteiger partial charge in [-0.2, -0.15) is 18.2 Å². The standard InChI is InChI=1S/C15H13ClF3N3O3/c1-7-20-14(21-25-7)9-3-2-8(4-10(9)16)22-11(6-15(17,18)19)12(23)5-13(22)24/h2-4,11-12,23H,5-6H2,1H3/t11-,12-/m0/s1. The van der Waals surface area contributed by atoms with Gasteiger partial charge in [-0.05, 0) is 18.2 Å². The topological polar surface area (TPSA) is 79.5 Å². The van der Waals surface area contributed by atoms with Crippen LogP contribution in [0.3, 0.4) is 0 Å². The highest BCUT2D eigenvalue weighted by atomic mass is 35.5. The van der Waals surface area contributed by atoms with E-state index in [-0.39, 0.29) is 23.0 Å². The van der Waals surface area contributed by atoms with Gasteiger partial charge < -0.3 is 14.5 Å². The molecule has 1 N–H and O–H groups in total. The average molecular weight is 376 g/mol. The molecule has 2 heterocycles. The molecular weight excluding hydrogens is 363 g/mol. The van der Waals surface area contributed by atoms with Crippen molar-refractivity contribution in [2.75, 3.05) is 4.90 Å². The maximum atomic E-state index is 12.8. The van der Waals surface area contributed by atoms with Crippen molar-refractivity contribution in [1.29, 1.82) is 0 Å². The number of aliphatic hydroxyl groups excluding tert-OH is 1. The molecule has 1 aliphatic rings. The van der Waals surface area contributed by atoms with Crippen LogP contribution in [0.5, 0.6) is 0 Å². The number of aliphatic hydroxyl groups is 1. The maximum absolute atomic E-state index is 12.8. The largest absolute Gasteiger partial charge is 0.391 e. The molecule has 3 rings (SSSR count). The number of anilines is 1. The van der Waals surface area contributed by atoms with Crippen molar-refractivity contribution in [1.82, 2.24) is 10.1 Å². The van der Waals surface area contributed by atoms with E-state index in [1.165, 1.54) is 18.2 Å². The summed E-state index contributed by atoms with van der Waals surface area (Å²) >= 11 is 6.17. The predicted octanol–water partition coefficient (Wildman–Crippen LogP) is 3.12. The first-order valence-corrected chi connectivity index (χ1v) is 7.70. The molecule has 10 heteroatoms. The van der Waals surface area contributed by atoms with Gasteiger partial charge in [0.05, 0.1) is 30.0 Å². The first kappa shape index (κ1) is 17.7. The Morgan fingerprint density at radius 2 is 2.16 bits per heavy atom. The van der Waals surface area contributed by atoms with Crippen LogP contribution < -0.4 is 4.90 Å². The van der Waals surface area contributed by atoms with Gasteiger partial charge in [0.25, 0.3) is 0 Å². The monoisotopic (exact) mass is 375 g/mol. The highest BCUT2D eigenvalue weighted by Crippen LogP contribution is 2.37. The van der Waals surface area contributed by atoms with Crippen LogP contribution in [0.1, 0.15) is 18.7 Å². The van der Waals surface area contributed by atoms with E-state index in [4.69, 9.17) is 16.1 Å². The third-order valence-electron chi connectivity index (χ3n) is 3.87. The van der Waals surface area contributed by atoms with Gasteiger partial charge >= 0.3 is 6.18 Å². The summed E-state index contributed by atoms with van der Waals surface area (Å²) in [4.78, 5) is 17.0. The van der Waals surface area contributed by atoms with E-state index in [9.17, 15) is 23.1 Å². The van der Waals surface area contributed by atoms with Gasteiger partial charge in [0.15, 0.2) is 0 Å². The van der Waals surface area contributed by atoms with E-state index in [0.717, 1.165) is 4.90 Å². The first-order chi connectivity index (χ1) is 11.7. The Hall–Kier alpha value is -2.13. The smallest absolute Gasteiger partial charge is 0.390 e. The van der Waals surface area contributed by atoms with Crippen molar-refractivity contribution in [3.05, 3.63) is 29.1 Å². The molecule has 1 saturated heterocycles. The van der Waals surface area contributed by atoms with E-state index < -0.39 is 30.7 Å². The molecule has 25 heavy (non-hydrogen) atoms. The van der Waals surface area contributed by atoms with Crippen LogP contribution in [0.25, 0.3) is 11.4 Å². The number of rotatable bonds is 3. The van der Waals surface area contributed by atoms with Gasteiger partial charge in [0, 0.05) is 18.2 Å². The molecule has 1 aromatic carbocycles. The van der Waals surface area contributed by atoms with E-state index in [1.54, 1.807) is 6.92 Å². The Balaban J connectivity index is 1.94. The quantitative estimate of drug-likeness (QED) is 0.891. The summed E-state index contributed by atoms with van der Waals surface area (Å²) < 4.78 is 43.2. The number of aryl methyl sites for hydroxylation is 1. The minimum absolute atomic E-state index is 0.151. The molecule has 0 aliphatic carbocycles. The van der Waals surface area contributed by atoms with Gasteiger partial charge in [-0.1, -0.05) is 16.8 Å². The highest BCUT2D eigenvalue weighted by molar-refractivity contribution is 6.33. The number of halogens is 4. The SMILES string of the molecule is Cc1nc(-c2ccc(N3C(=O)C[C@H](O)[C@@H]3CC(F)(F)F)cc2Cl)no1. The minimum Gasteiger partial charge on any atom is -0.390 e. The van der Waals surface area contributed by atoms with Gasteiger partial charge in [-0.3, -0.25) is 4.79 Å². The van der Waals surface area contributed by atoms with Crippen LogP contribution in [0.4, 0.5) is 18.9 Å². The Morgan fingerprint density at radius 3 is 2.72 bits per heavy atom. The molecule has 1 fully saturated rings. The third kappa shape index (κ3) is 3.62. The highest BCUT2D eigenvalue weighted by Gasteiger charge is 2.45. The Kier molecular flexibility index (Phi) is 4.46. The molecule has 2 atom stereocenters. The van der Waals surface area contributed by atoms with Crippen molar-refractivity contribution >= 4 is 23.2 Å². The van der Waals surface area contributed by atoms with E-state index >= 15 is 0 Å². The number of amides is 1. The lowest BCUT2D eigenvalue weighted by molar-refractivity contribution is -0.142. The van der Waals surface area contributed by atoms with Gasteiger partial charge in [-0.25, -0.2) is 0 Å². The second-order valence-electron chi connectivity index (χ2n) is 5.72. The number of aromatic nitrogens is 2. The number of nitrogens with zero attached hydrogens (tertiary/aromatic N) is 3. The third-order valence-corrected chi connectivity index (χ3v) is 4.18. The van der Waals surface area contributed by atoms with Crippen molar-refractivity contribution in [3.8, 4) is 11.4 Å². The molecular formula is C15H13ClF3N3O3. The summed E-state index contributed by atoms with van der Waals surface area (Å²) in [6, 6.07) is 2.89. The molecule has 0 saturated carbocycles. The van der Waals surface area contributed by atoms with Crippen molar-refractivity contribution < 1.29 is 27.6 Å². The lowest BCUT2D eigenvalue weighted by Crippen LogP contribution is -2.40. The zero-order chi connectivity index (χ0) is 18.4. The molecule has 0 radical (unpaired) electrons. The van der Waals surface area contributed by atoms with Gasteiger partial charge in [0.1, 0.15) is 0 Å². The lowest BCUT2D eigenvalue weighted by Gasteiger charge is -2.27. The molecule has 0 bridgehead atoms. The number of carbonyl (C=O) groups is 1. The zero-order valence-corrected chi connectivity index (χ0v) is 13.7. The Bertz CT molecular complexity index is 809. The Labute approximate surface area is 145 Å². The summed E-state index contributed by atoms with van der Waals surface area (Å²) in [7, 11) is 0. The fourth-order valence-corrected chi connectivity index (χ4v) is 3.07. The van der Waals surface area contributed by atoms with Gasteiger partial charge in [-0.15, -0.1) is 0 Å². The molecule has 1 aromatic heterocycles. The number of carbonyl (C=O) groups excluding carboxylic acids is 1. The average Bonchev–Trinajstić information content (AvgIpc) is 3.02. The van der Waals surface area contributed by atoms with E-state index in [1.807, 2.05) is 0 Å². The fourth-order valence-electron chi connectivity index (χ4n) is 2.81. The summed E-state index contributed by atoms with van der Waals surface area (Å²) in [5.74, 6) is -0.0344. The van der Waals surface area contributed by atoms with Crippen LogP contribution in [0, 0.1) is 6.92 Å². The number of hydrogen-bond donors (Lipinski definition) is 1. The fraction of sp³-hybridized carbons (Fsp3) is 0.400. The molecule has 1 amide bonds.